The Morgan fingerprint density at radius 2 is 2.10 bits per heavy atom. The molecule has 1 amide bonds. The molecule has 2 N–H and O–H groups in total. The average molecular weight is 144 g/mol. The number of likely N-dealkylation sites (N-methyl/N-ethyl adjacent to an activating group) is 1. The Balaban J connectivity index is 4.10. The maximum absolute atomic E-state index is 10.4. The Morgan fingerprint density at radius 1 is 1.60 bits per heavy atom. The topological polar surface area (TPSA) is 46.3 Å². The Kier molecular flexibility index (Phi) is 3.36. The third-order valence-electron chi connectivity index (χ3n) is 1.74. The number of hydrogen-bond donors (Lipinski definition) is 1. The van der Waals surface area contributed by atoms with Crippen molar-refractivity contribution in [3.63, 3.8) is 0 Å². The van der Waals surface area contributed by atoms with Crippen LogP contribution in [0.5, 0.6) is 0 Å². The smallest absolute Gasteiger partial charge is 0.210 e. The number of nitrogens with zero attached hydrogens (tertiary/aromatic N) is 1. The van der Waals surface area contributed by atoms with Gasteiger partial charge in [-0.05, 0) is 20.8 Å². The molecule has 0 aromatic rings. The second kappa shape index (κ2) is 3.56. The molecule has 60 valence electrons. The predicted octanol–water partition coefficient (Wildman–Crippen LogP) is 0.202. The number of amides is 1. The lowest BCUT2D eigenvalue weighted by molar-refractivity contribution is -0.122. The molecule has 3 heteroatoms. The number of hydrogen-bond acceptors (Lipinski definition) is 2. The van der Waals surface area contributed by atoms with Gasteiger partial charge in [0.05, 0.1) is 0 Å². The highest BCUT2D eigenvalue weighted by atomic mass is 16.1. The molecule has 0 aromatic heterocycles. The van der Waals surface area contributed by atoms with Crippen LogP contribution in [0, 0.1) is 0 Å². The maximum Gasteiger partial charge on any atom is 0.210 e. The van der Waals surface area contributed by atoms with E-state index in [4.69, 9.17) is 5.73 Å². The summed E-state index contributed by atoms with van der Waals surface area (Å²) in [5.74, 6) is 0. The molecule has 0 fully saturated rings. The van der Waals surface area contributed by atoms with Crippen LogP contribution >= 0.6 is 0 Å². The first kappa shape index (κ1) is 9.43. The van der Waals surface area contributed by atoms with E-state index < -0.39 is 0 Å². The van der Waals surface area contributed by atoms with E-state index in [-0.39, 0.29) is 5.54 Å². The van der Waals surface area contributed by atoms with Gasteiger partial charge in [-0.15, -0.1) is 0 Å². The number of rotatable bonds is 4. The highest BCUT2D eigenvalue weighted by molar-refractivity contribution is 5.48. The Labute approximate surface area is 62.2 Å². The molecule has 0 heterocycles. The van der Waals surface area contributed by atoms with Gasteiger partial charge in [-0.25, -0.2) is 0 Å². The summed E-state index contributed by atoms with van der Waals surface area (Å²) in [5, 5.41) is 0. The summed E-state index contributed by atoms with van der Waals surface area (Å²) in [6.45, 7) is 7.05. The fraction of sp³-hybridized carbons (Fsp3) is 0.857. The Bertz CT molecular complexity index is 112. The SMILES string of the molecule is CCN(C=O)C(C)(C)CN. The van der Waals surface area contributed by atoms with Crippen LogP contribution in [0.25, 0.3) is 0 Å². The molecule has 3 nitrogen and oxygen atoms in total. The second-order valence-corrected chi connectivity index (χ2v) is 2.91. The summed E-state index contributed by atoms with van der Waals surface area (Å²) < 4.78 is 0. The maximum atomic E-state index is 10.4. The van der Waals surface area contributed by atoms with Crippen LogP contribution in [0.4, 0.5) is 0 Å². The minimum absolute atomic E-state index is 0.198. The summed E-state index contributed by atoms with van der Waals surface area (Å²) in [6.07, 6.45) is 0.840. The molecule has 10 heavy (non-hydrogen) atoms. The van der Waals surface area contributed by atoms with Gasteiger partial charge in [-0.3, -0.25) is 4.79 Å². The van der Waals surface area contributed by atoms with Crippen molar-refractivity contribution in [2.45, 2.75) is 26.3 Å². The van der Waals surface area contributed by atoms with Crippen molar-refractivity contribution in [2.75, 3.05) is 13.1 Å². The van der Waals surface area contributed by atoms with Crippen LogP contribution < -0.4 is 5.73 Å². The average Bonchev–Trinajstić information content (AvgIpc) is 1.90. The van der Waals surface area contributed by atoms with Gasteiger partial charge >= 0.3 is 0 Å². The third-order valence-corrected chi connectivity index (χ3v) is 1.74. The van der Waals surface area contributed by atoms with Crippen LogP contribution in [0.1, 0.15) is 20.8 Å². The van der Waals surface area contributed by atoms with Gasteiger partial charge in [0, 0.05) is 18.6 Å². The van der Waals surface area contributed by atoms with Gasteiger partial charge in [-0.2, -0.15) is 0 Å². The van der Waals surface area contributed by atoms with Crippen molar-refractivity contribution in [1.29, 1.82) is 0 Å². The van der Waals surface area contributed by atoms with Crippen LogP contribution in [0.3, 0.4) is 0 Å². The van der Waals surface area contributed by atoms with Crippen molar-refractivity contribution in [3.05, 3.63) is 0 Å². The molecule has 0 aliphatic heterocycles. The fourth-order valence-electron chi connectivity index (χ4n) is 0.762. The van der Waals surface area contributed by atoms with Gasteiger partial charge in [0.25, 0.3) is 0 Å². The molecule has 0 saturated carbocycles. The minimum atomic E-state index is -0.198. The molecule has 0 radical (unpaired) electrons. The molecule has 0 unspecified atom stereocenters. The van der Waals surface area contributed by atoms with E-state index in [9.17, 15) is 4.79 Å². The number of nitrogens with two attached hydrogens (primary N) is 1. The van der Waals surface area contributed by atoms with Gasteiger partial charge in [0.15, 0.2) is 0 Å². The highest BCUT2D eigenvalue weighted by Gasteiger charge is 2.21. The lowest BCUT2D eigenvalue weighted by Crippen LogP contribution is -2.48. The van der Waals surface area contributed by atoms with Gasteiger partial charge in [0.2, 0.25) is 6.41 Å². The quantitative estimate of drug-likeness (QED) is 0.573. The normalized spacial score (nSPS) is 11.2. The van der Waals surface area contributed by atoms with Crippen LogP contribution in [-0.2, 0) is 4.79 Å². The van der Waals surface area contributed by atoms with Crippen LogP contribution in [0.15, 0.2) is 0 Å². The standard InChI is InChI=1S/C7H16N2O/c1-4-9(6-10)7(2,3)5-8/h6H,4-5,8H2,1-3H3. The number of carbonyl (C=O) groups is 1. The van der Waals surface area contributed by atoms with E-state index >= 15 is 0 Å². The van der Waals surface area contributed by atoms with Crippen LogP contribution in [0.2, 0.25) is 0 Å². The molecule has 0 saturated heterocycles. The van der Waals surface area contributed by atoms with E-state index in [1.165, 1.54) is 0 Å². The summed E-state index contributed by atoms with van der Waals surface area (Å²) in [4.78, 5) is 12.1. The summed E-state index contributed by atoms with van der Waals surface area (Å²) in [6, 6.07) is 0. The highest BCUT2D eigenvalue weighted by Crippen LogP contribution is 2.08. The van der Waals surface area contributed by atoms with Crippen molar-refractivity contribution in [1.82, 2.24) is 4.90 Å². The Hall–Kier alpha value is -0.570. The van der Waals surface area contributed by atoms with E-state index in [1.54, 1.807) is 4.90 Å². The van der Waals surface area contributed by atoms with Crippen molar-refractivity contribution < 1.29 is 4.79 Å². The monoisotopic (exact) mass is 144 g/mol. The first-order valence-electron chi connectivity index (χ1n) is 3.50. The van der Waals surface area contributed by atoms with Crippen LogP contribution in [-0.4, -0.2) is 29.9 Å². The lowest BCUT2D eigenvalue weighted by Gasteiger charge is -2.33. The molecule has 0 bridgehead atoms. The zero-order valence-electron chi connectivity index (χ0n) is 6.92. The molecule has 0 aromatic carbocycles. The van der Waals surface area contributed by atoms with Crippen molar-refractivity contribution in [2.24, 2.45) is 5.73 Å². The first-order chi connectivity index (χ1) is 4.58. The van der Waals surface area contributed by atoms with Gasteiger partial charge < -0.3 is 10.6 Å². The molecule has 0 aliphatic rings. The lowest BCUT2D eigenvalue weighted by atomic mass is 10.0. The summed E-state index contributed by atoms with van der Waals surface area (Å²) >= 11 is 0. The molecule has 0 aliphatic carbocycles. The van der Waals surface area contributed by atoms with E-state index in [0.717, 1.165) is 6.41 Å². The van der Waals surface area contributed by atoms with E-state index in [1.807, 2.05) is 20.8 Å². The molecule has 0 spiro atoms. The predicted molar refractivity (Wildman–Crippen MR) is 41.6 cm³/mol. The number of carbonyl (C=O) groups excluding carboxylic acids is 1. The first-order valence-corrected chi connectivity index (χ1v) is 3.50. The zero-order chi connectivity index (χ0) is 8.20. The fourth-order valence-corrected chi connectivity index (χ4v) is 0.762. The van der Waals surface area contributed by atoms with E-state index in [0.29, 0.717) is 13.1 Å². The van der Waals surface area contributed by atoms with Gasteiger partial charge in [0.1, 0.15) is 0 Å². The molecule has 0 rings (SSSR count). The minimum Gasteiger partial charge on any atom is -0.339 e. The third kappa shape index (κ3) is 1.99. The summed E-state index contributed by atoms with van der Waals surface area (Å²) in [7, 11) is 0. The second-order valence-electron chi connectivity index (χ2n) is 2.91. The molecular weight excluding hydrogens is 128 g/mol. The summed E-state index contributed by atoms with van der Waals surface area (Å²) in [5.41, 5.74) is 5.26. The zero-order valence-corrected chi connectivity index (χ0v) is 6.92. The molecular formula is C7H16N2O. The van der Waals surface area contributed by atoms with E-state index in [2.05, 4.69) is 0 Å². The van der Waals surface area contributed by atoms with Crippen molar-refractivity contribution >= 4 is 6.41 Å². The Morgan fingerprint density at radius 3 is 2.20 bits per heavy atom. The van der Waals surface area contributed by atoms with Crippen molar-refractivity contribution in [3.8, 4) is 0 Å². The largest absolute Gasteiger partial charge is 0.339 e. The molecule has 0 atom stereocenters. The van der Waals surface area contributed by atoms with Gasteiger partial charge in [-0.1, -0.05) is 0 Å².